The van der Waals surface area contributed by atoms with Gasteiger partial charge in [-0.05, 0) is 43.1 Å². The van der Waals surface area contributed by atoms with Crippen LogP contribution in [0.5, 0.6) is 0 Å². The maximum Gasteiger partial charge on any atom is 0.0751 e. The Kier molecular flexibility index (Phi) is 4.11. The summed E-state index contributed by atoms with van der Waals surface area (Å²) in [6.07, 6.45) is 2.92. The van der Waals surface area contributed by atoms with Crippen molar-refractivity contribution < 1.29 is 0 Å². The van der Waals surface area contributed by atoms with E-state index in [1.54, 1.807) is 0 Å². The summed E-state index contributed by atoms with van der Waals surface area (Å²) in [6.45, 7) is 4.29. The first kappa shape index (κ1) is 12.8. The highest BCUT2D eigenvalue weighted by Gasteiger charge is 2.15. The molecule has 18 heavy (non-hydrogen) atoms. The van der Waals surface area contributed by atoms with E-state index in [9.17, 15) is 0 Å². The molecule has 1 aromatic carbocycles. The molecule has 0 aliphatic carbocycles. The molecule has 1 aromatic heterocycles. The van der Waals surface area contributed by atoms with Crippen LogP contribution in [0.25, 0.3) is 0 Å². The normalized spacial score (nSPS) is 12.4. The van der Waals surface area contributed by atoms with E-state index < -0.39 is 0 Å². The Bertz CT molecular complexity index is 520. The smallest absolute Gasteiger partial charge is 0.0751 e. The van der Waals surface area contributed by atoms with Crippen LogP contribution in [-0.4, -0.2) is 12.0 Å². The summed E-state index contributed by atoms with van der Waals surface area (Å²) in [6, 6.07) is 13.0. The molecule has 2 heteroatoms. The highest BCUT2D eigenvalue weighted by Crippen LogP contribution is 2.23. The van der Waals surface area contributed by atoms with E-state index in [-0.39, 0.29) is 6.04 Å². The van der Waals surface area contributed by atoms with E-state index in [0.29, 0.717) is 0 Å². The molecule has 0 saturated heterocycles. The second kappa shape index (κ2) is 5.78. The molecule has 0 aliphatic heterocycles. The zero-order valence-corrected chi connectivity index (χ0v) is 11.3. The molecule has 0 fully saturated rings. The Balaban J connectivity index is 2.42. The van der Waals surface area contributed by atoms with Crippen LogP contribution >= 0.6 is 0 Å². The lowest BCUT2D eigenvalue weighted by Gasteiger charge is -2.18. The lowest BCUT2D eigenvalue weighted by Crippen LogP contribution is -2.20. The zero-order valence-electron chi connectivity index (χ0n) is 11.3. The molecule has 0 aliphatic rings. The summed E-state index contributed by atoms with van der Waals surface area (Å²) < 4.78 is 0. The third kappa shape index (κ3) is 2.59. The van der Waals surface area contributed by atoms with Crippen LogP contribution < -0.4 is 5.32 Å². The van der Waals surface area contributed by atoms with Crippen molar-refractivity contribution in [2.45, 2.75) is 26.3 Å². The molecule has 0 saturated carbocycles. The van der Waals surface area contributed by atoms with Gasteiger partial charge in [-0.3, -0.25) is 4.98 Å². The van der Waals surface area contributed by atoms with Gasteiger partial charge in [0.1, 0.15) is 0 Å². The summed E-state index contributed by atoms with van der Waals surface area (Å²) in [5, 5.41) is 3.36. The van der Waals surface area contributed by atoms with E-state index in [1.165, 1.54) is 16.7 Å². The van der Waals surface area contributed by atoms with Gasteiger partial charge < -0.3 is 5.32 Å². The SMILES string of the molecule is CCc1cccc(C(NC)c2ncccc2C)c1. The van der Waals surface area contributed by atoms with Crippen molar-refractivity contribution in [1.29, 1.82) is 0 Å². The molecule has 2 aromatic rings. The fraction of sp³-hybridized carbons (Fsp3) is 0.312. The van der Waals surface area contributed by atoms with Gasteiger partial charge in [0.05, 0.1) is 11.7 Å². The van der Waals surface area contributed by atoms with Crippen LogP contribution in [0, 0.1) is 6.92 Å². The Morgan fingerprint density at radius 1 is 1.22 bits per heavy atom. The standard InChI is InChI=1S/C16H20N2/c1-4-13-8-5-9-14(11-13)16(17-3)15-12(2)7-6-10-18-15/h5-11,16-17H,4H2,1-3H3. The maximum atomic E-state index is 4.52. The minimum absolute atomic E-state index is 0.165. The van der Waals surface area contributed by atoms with Crippen molar-refractivity contribution in [2.75, 3.05) is 7.05 Å². The number of hydrogen-bond acceptors (Lipinski definition) is 2. The van der Waals surface area contributed by atoms with Crippen molar-refractivity contribution in [3.63, 3.8) is 0 Å². The number of pyridine rings is 1. The van der Waals surface area contributed by atoms with Gasteiger partial charge in [0.15, 0.2) is 0 Å². The van der Waals surface area contributed by atoms with Gasteiger partial charge in [-0.25, -0.2) is 0 Å². The molecule has 1 unspecified atom stereocenters. The van der Waals surface area contributed by atoms with Gasteiger partial charge in [0, 0.05) is 6.20 Å². The Labute approximate surface area is 109 Å². The minimum Gasteiger partial charge on any atom is -0.308 e. The number of nitrogens with one attached hydrogen (secondary N) is 1. The highest BCUT2D eigenvalue weighted by molar-refractivity contribution is 5.34. The summed E-state index contributed by atoms with van der Waals surface area (Å²) >= 11 is 0. The molecule has 0 spiro atoms. The van der Waals surface area contributed by atoms with Crippen LogP contribution in [0.15, 0.2) is 42.6 Å². The van der Waals surface area contributed by atoms with Crippen molar-refractivity contribution >= 4 is 0 Å². The second-order valence-electron chi connectivity index (χ2n) is 4.53. The van der Waals surface area contributed by atoms with Crippen molar-refractivity contribution in [3.8, 4) is 0 Å². The van der Waals surface area contributed by atoms with E-state index in [1.807, 2.05) is 19.3 Å². The lowest BCUT2D eigenvalue weighted by atomic mass is 9.98. The maximum absolute atomic E-state index is 4.52. The molecule has 0 bridgehead atoms. The molecule has 0 radical (unpaired) electrons. The van der Waals surface area contributed by atoms with Crippen LogP contribution in [0.3, 0.4) is 0 Å². The predicted molar refractivity (Wildman–Crippen MR) is 75.7 cm³/mol. The first-order valence-corrected chi connectivity index (χ1v) is 6.44. The van der Waals surface area contributed by atoms with Crippen molar-refractivity contribution in [1.82, 2.24) is 10.3 Å². The van der Waals surface area contributed by atoms with Crippen LogP contribution in [-0.2, 0) is 6.42 Å². The number of aryl methyl sites for hydroxylation is 2. The topological polar surface area (TPSA) is 24.9 Å². The summed E-state index contributed by atoms with van der Waals surface area (Å²) in [5.74, 6) is 0. The number of hydrogen-bond donors (Lipinski definition) is 1. The number of benzene rings is 1. The lowest BCUT2D eigenvalue weighted by molar-refractivity contribution is 0.665. The third-order valence-electron chi connectivity index (χ3n) is 3.30. The average Bonchev–Trinajstić information content (AvgIpc) is 2.42. The molecule has 1 atom stereocenters. The zero-order chi connectivity index (χ0) is 13.0. The quantitative estimate of drug-likeness (QED) is 0.887. The average molecular weight is 240 g/mol. The van der Waals surface area contributed by atoms with Gasteiger partial charge in [-0.15, -0.1) is 0 Å². The van der Waals surface area contributed by atoms with Crippen LogP contribution in [0.1, 0.15) is 35.3 Å². The van der Waals surface area contributed by atoms with Gasteiger partial charge >= 0.3 is 0 Å². The van der Waals surface area contributed by atoms with Gasteiger partial charge in [0.2, 0.25) is 0 Å². The summed E-state index contributed by atoms with van der Waals surface area (Å²) in [4.78, 5) is 4.52. The summed E-state index contributed by atoms with van der Waals surface area (Å²) in [5.41, 5.74) is 4.96. The predicted octanol–water partition coefficient (Wildman–Crippen LogP) is 3.26. The van der Waals surface area contributed by atoms with Gasteiger partial charge in [-0.2, -0.15) is 0 Å². The number of rotatable bonds is 4. The molecule has 94 valence electrons. The third-order valence-corrected chi connectivity index (χ3v) is 3.30. The second-order valence-corrected chi connectivity index (χ2v) is 4.53. The first-order valence-electron chi connectivity index (χ1n) is 6.44. The van der Waals surface area contributed by atoms with Crippen molar-refractivity contribution in [2.24, 2.45) is 0 Å². The molecular formula is C16H20N2. The summed E-state index contributed by atoms with van der Waals surface area (Å²) in [7, 11) is 1.98. The largest absolute Gasteiger partial charge is 0.308 e. The van der Waals surface area contributed by atoms with Crippen molar-refractivity contribution in [3.05, 3.63) is 65.0 Å². The molecule has 1 heterocycles. The Morgan fingerprint density at radius 2 is 2.06 bits per heavy atom. The van der Waals surface area contributed by atoms with E-state index >= 15 is 0 Å². The molecule has 2 nitrogen and oxygen atoms in total. The fourth-order valence-electron chi connectivity index (χ4n) is 2.25. The molecule has 1 N–H and O–H groups in total. The highest BCUT2D eigenvalue weighted by atomic mass is 14.9. The molecular weight excluding hydrogens is 220 g/mol. The molecule has 0 amide bonds. The number of aromatic nitrogens is 1. The monoisotopic (exact) mass is 240 g/mol. The van der Waals surface area contributed by atoms with E-state index in [2.05, 4.69) is 54.5 Å². The Hall–Kier alpha value is -1.67. The number of nitrogens with zero attached hydrogens (tertiary/aromatic N) is 1. The van der Waals surface area contributed by atoms with Crippen LogP contribution in [0.4, 0.5) is 0 Å². The Morgan fingerprint density at radius 3 is 2.72 bits per heavy atom. The van der Waals surface area contributed by atoms with E-state index in [4.69, 9.17) is 0 Å². The van der Waals surface area contributed by atoms with E-state index in [0.717, 1.165) is 12.1 Å². The van der Waals surface area contributed by atoms with Crippen LogP contribution in [0.2, 0.25) is 0 Å². The minimum atomic E-state index is 0.165. The van der Waals surface area contributed by atoms with Gasteiger partial charge in [0.25, 0.3) is 0 Å². The fourth-order valence-corrected chi connectivity index (χ4v) is 2.25. The molecule has 2 rings (SSSR count). The first-order chi connectivity index (χ1) is 8.76. The van der Waals surface area contributed by atoms with Gasteiger partial charge in [-0.1, -0.05) is 37.3 Å².